The van der Waals surface area contributed by atoms with Crippen molar-refractivity contribution in [2.45, 2.75) is 49.9 Å². The highest BCUT2D eigenvalue weighted by molar-refractivity contribution is 5.73. The van der Waals surface area contributed by atoms with Gasteiger partial charge in [-0.2, -0.15) is 5.26 Å². The summed E-state index contributed by atoms with van der Waals surface area (Å²) in [5.41, 5.74) is 5.75. The van der Waals surface area contributed by atoms with E-state index in [0.29, 0.717) is 24.9 Å². The summed E-state index contributed by atoms with van der Waals surface area (Å²) >= 11 is 0. The minimum absolute atomic E-state index is 0.343. The van der Waals surface area contributed by atoms with Gasteiger partial charge in [0.25, 0.3) is 0 Å². The standard InChI is InChI=1S/C16H20N4O/c17-11-16(19-15(18)21)8-13-6-7-14(9-16)20(13)10-12-4-2-1-3-5-12/h1-5,13-14H,6-10H2,(H3,18,19,21). The highest BCUT2D eigenvalue weighted by Gasteiger charge is 2.49. The number of hydrogen-bond acceptors (Lipinski definition) is 3. The number of nitriles is 1. The molecule has 3 N–H and O–H groups in total. The summed E-state index contributed by atoms with van der Waals surface area (Å²) in [5.74, 6) is 0. The molecule has 2 saturated heterocycles. The van der Waals surface area contributed by atoms with Gasteiger partial charge in [0.15, 0.2) is 0 Å². The largest absolute Gasteiger partial charge is 0.352 e. The van der Waals surface area contributed by atoms with Crippen LogP contribution >= 0.6 is 0 Å². The molecule has 0 spiro atoms. The zero-order valence-electron chi connectivity index (χ0n) is 12.0. The van der Waals surface area contributed by atoms with E-state index in [1.54, 1.807) is 0 Å². The number of primary amides is 1. The Morgan fingerprint density at radius 3 is 2.48 bits per heavy atom. The first-order valence-corrected chi connectivity index (χ1v) is 7.40. The van der Waals surface area contributed by atoms with Crippen LogP contribution < -0.4 is 11.1 Å². The van der Waals surface area contributed by atoms with Crippen molar-refractivity contribution in [2.24, 2.45) is 5.73 Å². The van der Waals surface area contributed by atoms with E-state index in [4.69, 9.17) is 5.73 Å². The number of benzene rings is 1. The van der Waals surface area contributed by atoms with Gasteiger partial charge in [-0.05, 0) is 31.2 Å². The van der Waals surface area contributed by atoms with Crippen LogP contribution in [0.4, 0.5) is 4.79 Å². The van der Waals surface area contributed by atoms with E-state index < -0.39 is 11.6 Å². The maximum atomic E-state index is 11.2. The molecule has 5 nitrogen and oxygen atoms in total. The maximum Gasteiger partial charge on any atom is 0.313 e. The van der Waals surface area contributed by atoms with Gasteiger partial charge in [0.1, 0.15) is 5.54 Å². The zero-order chi connectivity index (χ0) is 14.9. The molecule has 0 aliphatic carbocycles. The molecule has 3 rings (SSSR count). The Balaban J connectivity index is 1.75. The summed E-state index contributed by atoms with van der Waals surface area (Å²) in [4.78, 5) is 13.7. The molecule has 110 valence electrons. The van der Waals surface area contributed by atoms with Gasteiger partial charge in [0.2, 0.25) is 0 Å². The van der Waals surface area contributed by atoms with Crippen LogP contribution in [0.15, 0.2) is 30.3 Å². The lowest BCUT2D eigenvalue weighted by Crippen LogP contribution is -2.59. The Labute approximate surface area is 124 Å². The van der Waals surface area contributed by atoms with Crippen molar-refractivity contribution >= 4 is 6.03 Å². The SMILES string of the molecule is N#CC1(NC(N)=O)CC2CCC(C1)N2Cc1ccccc1. The van der Waals surface area contributed by atoms with Crippen LogP contribution in [-0.2, 0) is 6.54 Å². The Morgan fingerprint density at radius 2 is 1.95 bits per heavy atom. The number of hydrogen-bond donors (Lipinski definition) is 2. The highest BCUT2D eigenvalue weighted by Crippen LogP contribution is 2.41. The zero-order valence-corrected chi connectivity index (χ0v) is 12.0. The molecular formula is C16H20N4O. The number of piperidine rings is 1. The lowest BCUT2D eigenvalue weighted by Gasteiger charge is -2.43. The molecule has 2 aliphatic rings. The third-order valence-corrected chi connectivity index (χ3v) is 4.72. The molecule has 2 unspecified atom stereocenters. The number of amides is 2. The van der Waals surface area contributed by atoms with E-state index in [-0.39, 0.29) is 0 Å². The Hall–Kier alpha value is -2.06. The van der Waals surface area contributed by atoms with Gasteiger partial charge in [0, 0.05) is 18.6 Å². The topological polar surface area (TPSA) is 82.1 Å². The second-order valence-corrected chi connectivity index (χ2v) is 6.13. The normalized spacial score (nSPS) is 31.6. The number of nitrogens with one attached hydrogen (secondary N) is 1. The average Bonchev–Trinajstić information content (AvgIpc) is 2.71. The number of nitrogens with two attached hydrogens (primary N) is 1. The molecule has 1 aromatic rings. The van der Waals surface area contributed by atoms with Crippen molar-refractivity contribution in [3.63, 3.8) is 0 Å². The van der Waals surface area contributed by atoms with Gasteiger partial charge >= 0.3 is 6.03 Å². The fraction of sp³-hybridized carbons (Fsp3) is 0.500. The number of carbonyl (C=O) groups is 1. The quantitative estimate of drug-likeness (QED) is 0.887. The second-order valence-electron chi connectivity index (χ2n) is 6.13. The minimum Gasteiger partial charge on any atom is -0.352 e. The number of carbonyl (C=O) groups excluding carboxylic acids is 1. The summed E-state index contributed by atoms with van der Waals surface area (Å²) < 4.78 is 0. The van der Waals surface area contributed by atoms with E-state index in [1.807, 2.05) is 6.07 Å². The van der Waals surface area contributed by atoms with Gasteiger partial charge in [-0.25, -0.2) is 4.79 Å². The highest BCUT2D eigenvalue weighted by atomic mass is 16.2. The van der Waals surface area contributed by atoms with Crippen molar-refractivity contribution in [3.05, 3.63) is 35.9 Å². The van der Waals surface area contributed by atoms with Crippen LogP contribution in [0.2, 0.25) is 0 Å². The second kappa shape index (κ2) is 5.38. The fourth-order valence-corrected chi connectivity index (χ4v) is 3.85. The van der Waals surface area contributed by atoms with Gasteiger partial charge < -0.3 is 11.1 Å². The van der Waals surface area contributed by atoms with Gasteiger partial charge in [-0.3, -0.25) is 4.90 Å². The molecule has 1 aromatic carbocycles. The first-order chi connectivity index (χ1) is 10.1. The molecule has 2 bridgehead atoms. The van der Waals surface area contributed by atoms with Crippen molar-refractivity contribution in [2.75, 3.05) is 0 Å². The van der Waals surface area contributed by atoms with E-state index in [9.17, 15) is 10.1 Å². The molecule has 2 amide bonds. The van der Waals surface area contributed by atoms with Gasteiger partial charge in [-0.15, -0.1) is 0 Å². The lowest BCUT2D eigenvalue weighted by molar-refractivity contribution is 0.0892. The molecule has 5 heteroatoms. The molecule has 2 fully saturated rings. The first kappa shape index (κ1) is 13.9. The van der Waals surface area contributed by atoms with E-state index in [0.717, 1.165) is 19.4 Å². The number of nitrogens with zero attached hydrogens (tertiary/aromatic N) is 2. The number of urea groups is 1. The first-order valence-electron chi connectivity index (χ1n) is 7.40. The summed E-state index contributed by atoms with van der Waals surface area (Å²) in [7, 11) is 0. The lowest BCUT2D eigenvalue weighted by atomic mass is 9.83. The molecule has 0 radical (unpaired) electrons. The molecule has 2 atom stereocenters. The summed E-state index contributed by atoms with van der Waals surface area (Å²) in [6, 6.07) is 12.8. The van der Waals surface area contributed by atoms with Crippen molar-refractivity contribution in [1.29, 1.82) is 5.26 Å². The monoisotopic (exact) mass is 284 g/mol. The molecule has 0 aromatic heterocycles. The van der Waals surface area contributed by atoms with E-state index in [1.165, 1.54) is 5.56 Å². The number of fused-ring (bicyclic) bond motifs is 2. The van der Waals surface area contributed by atoms with Crippen LogP contribution in [-0.4, -0.2) is 28.6 Å². The van der Waals surface area contributed by atoms with Gasteiger partial charge in [0.05, 0.1) is 6.07 Å². The summed E-state index contributed by atoms with van der Waals surface area (Å²) in [6.45, 7) is 0.911. The van der Waals surface area contributed by atoms with Crippen LogP contribution in [0.1, 0.15) is 31.2 Å². The summed E-state index contributed by atoms with van der Waals surface area (Å²) in [6.07, 6.45) is 3.49. The molecule has 0 saturated carbocycles. The van der Waals surface area contributed by atoms with Crippen LogP contribution in [0.25, 0.3) is 0 Å². The Kier molecular flexibility index (Phi) is 3.56. The van der Waals surface area contributed by atoms with Gasteiger partial charge in [-0.1, -0.05) is 30.3 Å². The summed E-state index contributed by atoms with van der Waals surface area (Å²) in [5, 5.41) is 12.2. The third kappa shape index (κ3) is 2.72. The Morgan fingerprint density at radius 1 is 1.33 bits per heavy atom. The fourth-order valence-electron chi connectivity index (χ4n) is 3.85. The van der Waals surface area contributed by atoms with Crippen molar-refractivity contribution < 1.29 is 4.79 Å². The maximum absolute atomic E-state index is 11.2. The minimum atomic E-state index is -0.787. The van der Waals surface area contributed by atoms with Crippen molar-refractivity contribution in [1.82, 2.24) is 10.2 Å². The predicted molar refractivity (Wildman–Crippen MR) is 79.1 cm³/mol. The van der Waals surface area contributed by atoms with Crippen LogP contribution in [0.5, 0.6) is 0 Å². The van der Waals surface area contributed by atoms with Crippen LogP contribution in [0, 0.1) is 11.3 Å². The predicted octanol–water partition coefficient (Wildman–Crippen LogP) is 1.74. The molecule has 2 heterocycles. The van der Waals surface area contributed by atoms with Crippen LogP contribution in [0.3, 0.4) is 0 Å². The van der Waals surface area contributed by atoms with Crippen molar-refractivity contribution in [3.8, 4) is 6.07 Å². The number of rotatable bonds is 3. The molecule has 2 aliphatic heterocycles. The Bertz CT molecular complexity index is 551. The third-order valence-electron chi connectivity index (χ3n) is 4.72. The molecular weight excluding hydrogens is 264 g/mol. The van der Waals surface area contributed by atoms with E-state index in [2.05, 4.69) is 40.6 Å². The molecule has 21 heavy (non-hydrogen) atoms. The van der Waals surface area contributed by atoms with E-state index >= 15 is 0 Å². The smallest absolute Gasteiger partial charge is 0.313 e. The average molecular weight is 284 g/mol.